The molecule has 172 valence electrons. The number of hydrogen-bond acceptors (Lipinski definition) is 6. The highest BCUT2D eigenvalue weighted by Gasteiger charge is 2.41. The Labute approximate surface area is 189 Å². The summed E-state index contributed by atoms with van der Waals surface area (Å²) in [5.74, 6) is -1.95. The fraction of sp³-hybridized carbons (Fsp3) is 0.375. The molecule has 33 heavy (non-hydrogen) atoms. The maximum absolute atomic E-state index is 15.4. The fourth-order valence-electron chi connectivity index (χ4n) is 4.84. The van der Waals surface area contributed by atoms with E-state index in [-0.39, 0.29) is 27.9 Å². The van der Waals surface area contributed by atoms with Gasteiger partial charge in [0.2, 0.25) is 5.43 Å². The van der Waals surface area contributed by atoms with E-state index in [0.29, 0.717) is 38.1 Å². The molecule has 1 aromatic carbocycles. The van der Waals surface area contributed by atoms with Crippen LogP contribution in [-0.4, -0.2) is 33.8 Å². The molecule has 2 aromatic heterocycles. The Morgan fingerprint density at radius 1 is 1.36 bits per heavy atom. The number of benzene rings is 1. The summed E-state index contributed by atoms with van der Waals surface area (Å²) < 4.78 is 23.3. The Balaban J connectivity index is 1.57. The molecule has 0 bridgehead atoms. The topological polar surface area (TPSA) is 119 Å². The summed E-state index contributed by atoms with van der Waals surface area (Å²) in [6.45, 7) is 1.30. The van der Waals surface area contributed by atoms with Crippen molar-refractivity contribution < 1.29 is 19.0 Å². The van der Waals surface area contributed by atoms with Crippen LogP contribution >= 0.6 is 0 Å². The molecule has 1 spiro atoms. The van der Waals surface area contributed by atoms with Crippen molar-refractivity contribution in [2.24, 2.45) is 5.41 Å². The molecule has 3 heterocycles. The van der Waals surface area contributed by atoms with Crippen molar-refractivity contribution in [3.05, 3.63) is 57.9 Å². The van der Waals surface area contributed by atoms with Gasteiger partial charge in [0.05, 0.1) is 23.2 Å². The highest BCUT2D eigenvalue weighted by atomic mass is 19.1. The molecule has 1 aliphatic heterocycles. The average molecular weight is 452 g/mol. The highest BCUT2D eigenvalue weighted by Crippen LogP contribution is 2.48. The summed E-state index contributed by atoms with van der Waals surface area (Å²) in [5, 5.41) is 12.5. The van der Waals surface area contributed by atoms with Gasteiger partial charge in [-0.2, -0.15) is 0 Å². The number of aromatic carboxylic acids is 1. The number of halogens is 1. The minimum Gasteiger partial charge on any atom is -0.488 e. The molecule has 1 fully saturated rings. The average Bonchev–Trinajstić information content (AvgIpc) is 2.95. The number of nitrogen functional groups attached to an aromatic ring is 1. The number of nitrogens with two attached hydrogens (primary N) is 1. The van der Waals surface area contributed by atoms with Crippen LogP contribution in [0.5, 0.6) is 5.75 Å². The van der Waals surface area contributed by atoms with E-state index in [1.165, 1.54) is 6.20 Å². The zero-order valence-corrected chi connectivity index (χ0v) is 18.1. The first-order valence-electron chi connectivity index (χ1n) is 11.1. The number of hydrogen-bond donors (Lipinski definition) is 3. The van der Waals surface area contributed by atoms with Crippen molar-refractivity contribution in [3.8, 4) is 5.75 Å². The Bertz CT molecular complexity index is 1300. The zero-order valence-electron chi connectivity index (χ0n) is 18.1. The molecule has 2 aliphatic rings. The van der Waals surface area contributed by atoms with E-state index in [9.17, 15) is 14.7 Å². The second kappa shape index (κ2) is 8.06. The van der Waals surface area contributed by atoms with E-state index in [1.807, 2.05) is 18.2 Å². The number of anilines is 2. The van der Waals surface area contributed by atoms with Crippen molar-refractivity contribution in [1.29, 1.82) is 0 Å². The smallest absolute Gasteiger partial charge is 0.341 e. The Morgan fingerprint density at radius 2 is 2.18 bits per heavy atom. The molecular weight excluding hydrogens is 427 g/mol. The summed E-state index contributed by atoms with van der Waals surface area (Å²) in [6, 6.07) is 5.70. The standard InChI is InChI=1S/C24H25FN4O4/c25-17-18(26)16-20-22(19(17)28-10-3-6-14-5-1-2-9-27-14)33-13-24(7-4-8-24)12-29(20)11-15(21(16)30)23(31)32/h1-2,5,9,11,28H,3-4,6-8,10,12-13,26H2,(H,31,32). The SMILES string of the molecule is Nc1c(F)c(NCCCc2ccccn2)c2c3c1c(=O)c(C(=O)O)cn3CC1(CCC1)CO2. The second-order valence-electron chi connectivity index (χ2n) is 8.95. The lowest BCUT2D eigenvalue weighted by Crippen LogP contribution is -2.38. The number of pyridine rings is 2. The van der Waals surface area contributed by atoms with Gasteiger partial charge in [0.25, 0.3) is 0 Å². The molecule has 9 heteroatoms. The maximum atomic E-state index is 15.4. The molecule has 1 saturated carbocycles. The van der Waals surface area contributed by atoms with Gasteiger partial charge in [0.15, 0.2) is 11.6 Å². The van der Waals surface area contributed by atoms with E-state index in [0.717, 1.165) is 25.0 Å². The molecule has 5 rings (SSSR count). The number of aromatic nitrogens is 2. The summed E-state index contributed by atoms with van der Waals surface area (Å²) in [5.41, 5.74) is 5.71. The van der Waals surface area contributed by atoms with Gasteiger partial charge < -0.3 is 25.5 Å². The summed E-state index contributed by atoms with van der Waals surface area (Å²) in [6.07, 6.45) is 7.36. The zero-order chi connectivity index (χ0) is 23.2. The van der Waals surface area contributed by atoms with E-state index in [4.69, 9.17) is 10.5 Å². The number of aryl methyl sites for hydroxylation is 1. The van der Waals surface area contributed by atoms with Crippen molar-refractivity contribution in [2.75, 3.05) is 24.2 Å². The molecule has 0 unspecified atom stereocenters. The normalized spacial score (nSPS) is 16.2. The predicted molar refractivity (Wildman–Crippen MR) is 122 cm³/mol. The number of carbonyl (C=O) groups is 1. The van der Waals surface area contributed by atoms with Gasteiger partial charge in [0.1, 0.15) is 11.3 Å². The van der Waals surface area contributed by atoms with Crippen LogP contribution in [0.25, 0.3) is 10.9 Å². The number of carboxylic acids is 1. The quantitative estimate of drug-likeness (QED) is 0.387. The minimum absolute atomic E-state index is 0.105. The number of nitrogens with zero attached hydrogens (tertiary/aromatic N) is 2. The molecule has 0 saturated heterocycles. The molecule has 0 atom stereocenters. The molecular formula is C24H25FN4O4. The third-order valence-electron chi connectivity index (χ3n) is 6.76. The second-order valence-corrected chi connectivity index (χ2v) is 8.95. The molecule has 0 radical (unpaired) electrons. The van der Waals surface area contributed by atoms with Gasteiger partial charge in [-0.15, -0.1) is 0 Å². The van der Waals surface area contributed by atoms with Crippen molar-refractivity contribution in [2.45, 2.75) is 38.6 Å². The lowest BCUT2D eigenvalue weighted by atomic mass is 9.69. The molecule has 8 nitrogen and oxygen atoms in total. The highest BCUT2D eigenvalue weighted by molar-refractivity contribution is 6.03. The van der Waals surface area contributed by atoms with Crippen molar-refractivity contribution in [3.63, 3.8) is 0 Å². The van der Waals surface area contributed by atoms with Gasteiger partial charge >= 0.3 is 5.97 Å². The van der Waals surface area contributed by atoms with E-state index >= 15 is 4.39 Å². The number of ether oxygens (including phenoxy) is 1. The first-order valence-corrected chi connectivity index (χ1v) is 11.1. The molecule has 3 aromatic rings. The van der Waals surface area contributed by atoms with E-state index < -0.39 is 22.8 Å². The maximum Gasteiger partial charge on any atom is 0.341 e. The third-order valence-corrected chi connectivity index (χ3v) is 6.76. The minimum atomic E-state index is -1.36. The van der Waals surface area contributed by atoms with Crippen LogP contribution < -0.4 is 21.2 Å². The van der Waals surface area contributed by atoms with Crippen molar-refractivity contribution >= 4 is 28.2 Å². The number of rotatable bonds is 6. The van der Waals surface area contributed by atoms with Gasteiger partial charge in [-0.3, -0.25) is 9.78 Å². The van der Waals surface area contributed by atoms with Crippen LogP contribution in [0.15, 0.2) is 35.4 Å². The molecule has 0 amide bonds. The largest absolute Gasteiger partial charge is 0.488 e. The van der Waals surface area contributed by atoms with Crippen LogP contribution in [0.2, 0.25) is 0 Å². The third kappa shape index (κ3) is 3.57. The Hall–Kier alpha value is -3.62. The number of nitrogens with one attached hydrogen (secondary N) is 1. The summed E-state index contributed by atoms with van der Waals surface area (Å²) in [4.78, 5) is 29.0. The first kappa shape index (κ1) is 21.2. The van der Waals surface area contributed by atoms with Crippen LogP contribution in [0, 0.1) is 11.2 Å². The predicted octanol–water partition coefficient (Wildman–Crippen LogP) is 3.42. The molecule has 4 N–H and O–H groups in total. The van der Waals surface area contributed by atoms with Gasteiger partial charge in [-0.25, -0.2) is 9.18 Å². The summed E-state index contributed by atoms with van der Waals surface area (Å²) in [7, 11) is 0. The first-order chi connectivity index (χ1) is 15.9. The lowest BCUT2D eigenvalue weighted by molar-refractivity contribution is 0.0475. The Morgan fingerprint density at radius 3 is 2.85 bits per heavy atom. The molecule has 1 aliphatic carbocycles. The van der Waals surface area contributed by atoms with E-state index in [2.05, 4.69) is 10.3 Å². The van der Waals surface area contributed by atoms with Crippen LogP contribution in [0.3, 0.4) is 0 Å². The van der Waals surface area contributed by atoms with Crippen LogP contribution in [0.4, 0.5) is 15.8 Å². The van der Waals surface area contributed by atoms with Gasteiger partial charge in [-0.05, 0) is 37.8 Å². The van der Waals surface area contributed by atoms with Gasteiger partial charge in [0, 0.05) is 36.6 Å². The fourth-order valence-corrected chi connectivity index (χ4v) is 4.84. The lowest BCUT2D eigenvalue weighted by Gasteiger charge is -2.40. The Kier molecular flexibility index (Phi) is 5.19. The monoisotopic (exact) mass is 452 g/mol. The van der Waals surface area contributed by atoms with Crippen LogP contribution in [0.1, 0.15) is 41.7 Å². The summed E-state index contributed by atoms with van der Waals surface area (Å²) >= 11 is 0. The number of carboxylic acid groups (broad SMARTS) is 1. The van der Waals surface area contributed by atoms with Crippen LogP contribution in [-0.2, 0) is 13.0 Å². The van der Waals surface area contributed by atoms with E-state index in [1.54, 1.807) is 10.8 Å². The van der Waals surface area contributed by atoms with Crippen molar-refractivity contribution in [1.82, 2.24) is 9.55 Å². The van der Waals surface area contributed by atoms with Gasteiger partial charge in [-0.1, -0.05) is 12.5 Å².